The highest BCUT2D eigenvalue weighted by molar-refractivity contribution is 14.1. The summed E-state index contributed by atoms with van der Waals surface area (Å²) in [6.45, 7) is 2.55. The first-order chi connectivity index (χ1) is 12.9. The summed E-state index contributed by atoms with van der Waals surface area (Å²) in [6, 6.07) is 13.9. The lowest BCUT2D eigenvalue weighted by Crippen LogP contribution is -2.38. The van der Waals surface area contributed by atoms with Gasteiger partial charge in [0.2, 0.25) is 0 Å². The van der Waals surface area contributed by atoms with Gasteiger partial charge in [-0.05, 0) is 70.0 Å². The Morgan fingerprint density at radius 2 is 2.07 bits per heavy atom. The minimum Gasteiger partial charge on any atom is -0.468 e. The molecule has 1 aliphatic heterocycles. The standard InChI is InChI=1S/C20H20IN3O3/c1-20(18(26)24(2)19(22)23-20)15-5-3-4-14(10-15)17-11-16(21)7-6-13(17)8-9-27-12-25/h3-7,10-12H,8-9H2,1-2H3,(H2,22,23). The highest BCUT2D eigenvalue weighted by Crippen LogP contribution is 2.35. The molecule has 0 radical (unpaired) electrons. The molecule has 1 amide bonds. The summed E-state index contributed by atoms with van der Waals surface area (Å²) in [4.78, 5) is 28.9. The van der Waals surface area contributed by atoms with E-state index >= 15 is 0 Å². The number of hydrogen-bond acceptors (Lipinski definition) is 5. The van der Waals surface area contributed by atoms with Gasteiger partial charge in [-0.1, -0.05) is 24.3 Å². The molecule has 0 aliphatic carbocycles. The number of likely N-dealkylation sites (N-methyl/N-ethyl adjacent to an activating group) is 1. The molecule has 0 saturated carbocycles. The monoisotopic (exact) mass is 477 g/mol. The predicted octanol–water partition coefficient (Wildman–Crippen LogP) is 2.68. The molecule has 7 heteroatoms. The predicted molar refractivity (Wildman–Crippen MR) is 112 cm³/mol. The van der Waals surface area contributed by atoms with Crippen molar-refractivity contribution in [1.82, 2.24) is 4.90 Å². The Balaban J connectivity index is 2.03. The molecule has 27 heavy (non-hydrogen) atoms. The molecule has 0 aromatic heterocycles. The molecule has 0 saturated heterocycles. The van der Waals surface area contributed by atoms with Crippen molar-refractivity contribution in [2.45, 2.75) is 18.9 Å². The van der Waals surface area contributed by atoms with E-state index in [1.165, 1.54) is 4.90 Å². The summed E-state index contributed by atoms with van der Waals surface area (Å²) < 4.78 is 5.95. The van der Waals surface area contributed by atoms with Crippen LogP contribution in [0.3, 0.4) is 0 Å². The van der Waals surface area contributed by atoms with E-state index in [1.807, 2.05) is 36.4 Å². The number of rotatable bonds is 6. The SMILES string of the molecule is CN1C(=O)C(C)(c2cccc(-c3cc(I)ccc3CCOC=O)c2)N=C1N. The van der Waals surface area contributed by atoms with Crippen LogP contribution in [0.25, 0.3) is 11.1 Å². The Hall–Kier alpha value is -2.42. The molecule has 1 atom stereocenters. The summed E-state index contributed by atoms with van der Waals surface area (Å²) >= 11 is 2.27. The van der Waals surface area contributed by atoms with Crippen LogP contribution in [-0.2, 0) is 26.3 Å². The third kappa shape index (κ3) is 3.69. The number of hydrogen-bond donors (Lipinski definition) is 1. The Morgan fingerprint density at radius 3 is 2.74 bits per heavy atom. The molecule has 6 nitrogen and oxygen atoms in total. The molecular formula is C20H20IN3O3. The first-order valence-corrected chi connectivity index (χ1v) is 9.53. The van der Waals surface area contributed by atoms with Crippen LogP contribution in [-0.4, -0.2) is 36.9 Å². The second-order valence-corrected chi connectivity index (χ2v) is 7.75. The van der Waals surface area contributed by atoms with Crippen molar-refractivity contribution in [1.29, 1.82) is 0 Å². The molecular weight excluding hydrogens is 457 g/mol. The highest BCUT2D eigenvalue weighted by atomic mass is 127. The van der Waals surface area contributed by atoms with Crippen molar-refractivity contribution in [2.75, 3.05) is 13.7 Å². The van der Waals surface area contributed by atoms with Crippen LogP contribution in [0.2, 0.25) is 0 Å². The van der Waals surface area contributed by atoms with Crippen LogP contribution >= 0.6 is 22.6 Å². The Kier molecular flexibility index (Phi) is 5.50. The number of carbonyl (C=O) groups excluding carboxylic acids is 2. The topological polar surface area (TPSA) is 85.0 Å². The summed E-state index contributed by atoms with van der Waals surface area (Å²) in [5, 5.41) is 0. The summed E-state index contributed by atoms with van der Waals surface area (Å²) in [5.74, 6) is 0.0632. The van der Waals surface area contributed by atoms with Gasteiger partial charge in [-0.25, -0.2) is 4.99 Å². The van der Waals surface area contributed by atoms with Gasteiger partial charge in [0, 0.05) is 17.0 Å². The van der Waals surface area contributed by atoms with Crippen molar-refractivity contribution in [3.63, 3.8) is 0 Å². The fourth-order valence-electron chi connectivity index (χ4n) is 3.21. The molecule has 0 spiro atoms. The second-order valence-electron chi connectivity index (χ2n) is 6.51. The first kappa shape index (κ1) is 19.3. The minimum atomic E-state index is -1.03. The summed E-state index contributed by atoms with van der Waals surface area (Å²) in [5.41, 5.74) is 8.69. The largest absolute Gasteiger partial charge is 0.468 e. The number of halogens is 1. The molecule has 1 unspecified atom stereocenters. The van der Waals surface area contributed by atoms with Crippen LogP contribution in [0.4, 0.5) is 0 Å². The van der Waals surface area contributed by atoms with E-state index in [4.69, 9.17) is 10.5 Å². The van der Waals surface area contributed by atoms with E-state index in [-0.39, 0.29) is 11.9 Å². The smallest absolute Gasteiger partial charge is 0.293 e. The molecule has 1 aliphatic rings. The van der Waals surface area contributed by atoms with E-state index in [2.05, 4.69) is 33.6 Å². The molecule has 0 fully saturated rings. The van der Waals surface area contributed by atoms with Gasteiger partial charge >= 0.3 is 0 Å². The third-order valence-electron chi connectivity index (χ3n) is 4.77. The third-order valence-corrected chi connectivity index (χ3v) is 5.44. The van der Waals surface area contributed by atoms with Crippen molar-refractivity contribution in [3.8, 4) is 11.1 Å². The molecule has 2 aromatic carbocycles. The van der Waals surface area contributed by atoms with Gasteiger partial charge in [-0.2, -0.15) is 0 Å². The van der Waals surface area contributed by atoms with Crippen molar-refractivity contribution in [3.05, 3.63) is 57.2 Å². The summed E-state index contributed by atoms with van der Waals surface area (Å²) in [6.07, 6.45) is 0.610. The second kappa shape index (κ2) is 7.67. The van der Waals surface area contributed by atoms with Crippen molar-refractivity contribution >= 4 is 40.9 Å². The van der Waals surface area contributed by atoms with E-state index in [0.717, 1.165) is 25.8 Å². The maximum Gasteiger partial charge on any atom is 0.293 e. The van der Waals surface area contributed by atoms with Crippen LogP contribution < -0.4 is 5.73 Å². The lowest BCUT2D eigenvalue weighted by Gasteiger charge is -2.21. The van der Waals surface area contributed by atoms with E-state index < -0.39 is 5.54 Å². The van der Waals surface area contributed by atoms with Gasteiger partial charge in [0.25, 0.3) is 12.4 Å². The number of ether oxygens (including phenoxy) is 1. The molecule has 2 aromatic rings. The van der Waals surface area contributed by atoms with E-state index in [9.17, 15) is 9.59 Å². The fraction of sp³-hybridized carbons (Fsp3) is 0.250. The van der Waals surface area contributed by atoms with Gasteiger partial charge in [-0.15, -0.1) is 0 Å². The number of nitrogens with zero attached hydrogens (tertiary/aromatic N) is 2. The van der Waals surface area contributed by atoms with Gasteiger partial charge in [0.05, 0.1) is 6.61 Å². The zero-order valence-corrected chi connectivity index (χ0v) is 17.3. The highest BCUT2D eigenvalue weighted by Gasteiger charge is 2.43. The number of amides is 1. The number of guanidine groups is 1. The molecule has 0 bridgehead atoms. The van der Waals surface area contributed by atoms with Gasteiger partial charge < -0.3 is 10.5 Å². The maximum atomic E-state index is 12.7. The van der Waals surface area contributed by atoms with Crippen molar-refractivity contribution in [2.24, 2.45) is 10.7 Å². The average Bonchev–Trinajstić information content (AvgIpc) is 2.87. The molecule has 140 valence electrons. The van der Waals surface area contributed by atoms with Crippen molar-refractivity contribution < 1.29 is 14.3 Å². The van der Waals surface area contributed by atoms with E-state index in [1.54, 1.807) is 14.0 Å². The first-order valence-electron chi connectivity index (χ1n) is 8.45. The quantitative estimate of drug-likeness (QED) is 0.394. The summed E-state index contributed by atoms with van der Waals surface area (Å²) in [7, 11) is 1.63. The van der Waals surface area contributed by atoms with E-state index in [0.29, 0.717) is 19.5 Å². The van der Waals surface area contributed by atoms with Crippen LogP contribution in [0.5, 0.6) is 0 Å². The van der Waals surface area contributed by atoms with Gasteiger partial charge in [0.1, 0.15) is 0 Å². The Bertz CT molecular complexity index is 928. The lowest BCUT2D eigenvalue weighted by molar-refractivity contribution is -0.130. The lowest BCUT2D eigenvalue weighted by atomic mass is 9.88. The maximum absolute atomic E-state index is 12.7. The van der Waals surface area contributed by atoms with Crippen LogP contribution in [0.1, 0.15) is 18.1 Å². The molecule has 1 heterocycles. The van der Waals surface area contributed by atoms with Gasteiger partial charge in [-0.3, -0.25) is 14.5 Å². The molecule has 2 N–H and O–H groups in total. The normalized spacial score (nSPS) is 19.1. The average molecular weight is 477 g/mol. The molecule has 3 rings (SSSR count). The van der Waals surface area contributed by atoms with Crippen LogP contribution in [0.15, 0.2) is 47.5 Å². The minimum absolute atomic E-state index is 0.153. The Morgan fingerprint density at radius 1 is 1.30 bits per heavy atom. The van der Waals surface area contributed by atoms with Crippen LogP contribution in [0, 0.1) is 3.57 Å². The zero-order valence-electron chi connectivity index (χ0n) is 15.1. The number of benzene rings is 2. The Labute approximate surface area is 171 Å². The zero-order chi connectivity index (χ0) is 19.6. The number of aliphatic imine (C=N–C) groups is 1. The number of nitrogens with two attached hydrogens (primary N) is 1. The number of carbonyl (C=O) groups is 2. The fourth-order valence-corrected chi connectivity index (χ4v) is 3.70. The van der Waals surface area contributed by atoms with Gasteiger partial charge in [0.15, 0.2) is 11.5 Å².